The molecule has 0 aliphatic rings. The van der Waals surface area contributed by atoms with Crippen LogP contribution >= 0.6 is 11.6 Å². The molecular formula is C20H17ClF3N2O2+. The number of hydrogen-bond acceptors (Lipinski definition) is 2. The van der Waals surface area contributed by atoms with Crippen molar-refractivity contribution in [2.75, 3.05) is 5.32 Å². The molecule has 1 heterocycles. The zero-order chi connectivity index (χ0) is 20.1. The highest BCUT2D eigenvalue weighted by Crippen LogP contribution is 2.36. The van der Waals surface area contributed by atoms with E-state index in [2.05, 4.69) is 5.32 Å². The van der Waals surface area contributed by atoms with Gasteiger partial charge in [0.2, 0.25) is 0 Å². The predicted molar refractivity (Wildman–Crippen MR) is 98.6 cm³/mol. The topological polar surface area (TPSA) is 58.9 Å². The fraction of sp³-hybridized carbons (Fsp3) is 0.150. The molecule has 0 aliphatic heterocycles. The molecule has 3 rings (SSSR count). The molecule has 3 aromatic rings. The molecule has 146 valence electrons. The highest BCUT2D eigenvalue weighted by atomic mass is 35.5. The Morgan fingerprint density at radius 1 is 1.11 bits per heavy atom. The van der Waals surface area contributed by atoms with E-state index in [-0.39, 0.29) is 10.7 Å². The third-order valence-corrected chi connectivity index (χ3v) is 4.36. The summed E-state index contributed by atoms with van der Waals surface area (Å²) in [6.45, 7) is 0.354. The number of alkyl halides is 3. The van der Waals surface area contributed by atoms with Crippen molar-refractivity contribution in [2.24, 2.45) is 0 Å². The van der Waals surface area contributed by atoms with Crippen LogP contribution in [0.4, 0.5) is 18.9 Å². The summed E-state index contributed by atoms with van der Waals surface area (Å²) in [7, 11) is 0. The predicted octanol–water partition coefficient (Wildman–Crippen LogP) is 4.40. The second-order valence-corrected chi connectivity index (χ2v) is 6.52. The third-order valence-electron chi connectivity index (χ3n) is 4.12. The van der Waals surface area contributed by atoms with Crippen LogP contribution < -0.4 is 10.6 Å². The number of quaternary nitrogens is 1. The number of rotatable bonds is 6. The normalized spacial score (nSPS) is 12.6. The van der Waals surface area contributed by atoms with E-state index >= 15 is 0 Å². The third kappa shape index (κ3) is 4.94. The van der Waals surface area contributed by atoms with E-state index in [4.69, 9.17) is 16.0 Å². The number of benzene rings is 2. The number of furan rings is 1. The number of carbonyl (C=O) groups is 1. The minimum Gasteiger partial charge on any atom is -0.463 e. The van der Waals surface area contributed by atoms with Crippen molar-refractivity contribution in [1.29, 1.82) is 0 Å². The summed E-state index contributed by atoms with van der Waals surface area (Å²) < 4.78 is 45.2. The minimum atomic E-state index is -4.65. The van der Waals surface area contributed by atoms with Crippen molar-refractivity contribution in [1.82, 2.24) is 0 Å². The molecule has 3 N–H and O–H groups in total. The van der Waals surface area contributed by atoms with E-state index in [1.165, 1.54) is 12.3 Å². The maximum atomic E-state index is 13.3. The Morgan fingerprint density at radius 3 is 2.50 bits per heavy atom. The molecule has 28 heavy (non-hydrogen) atoms. The van der Waals surface area contributed by atoms with Gasteiger partial charge in [0.05, 0.1) is 17.5 Å². The van der Waals surface area contributed by atoms with Crippen molar-refractivity contribution in [3.8, 4) is 0 Å². The lowest BCUT2D eigenvalue weighted by molar-refractivity contribution is -0.699. The summed E-state index contributed by atoms with van der Waals surface area (Å²) in [5.41, 5.74) is -0.672. The standard InChI is InChI=1S/C20H16ClF3N2O2/c21-14-8-9-17(16(11-14)20(22,23)24)26-19(27)18(13-5-2-1-3-6-13)25-12-15-7-4-10-28-15/h1-11,18,25H,12H2,(H,26,27)/p+1/t18-/m0/s1. The van der Waals surface area contributed by atoms with E-state index in [1.54, 1.807) is 47.8 Å². The Labute approximate surface area is 164 Å². The van der Waals surface area contributed by atoms with Gasteiger partial charge in [0.25, 0.3) is 5.91 Å². The molecule has 0 bridgehead atoms. The van der Waals surface area contributed by atoms with Crippen molar-refractivity contribution < 1.29 is 27.7 Å². The first-order chi connectivity index (χ1) is 13.3. The van der Waals surface area contributed by atoms with Crippen LogP contribution in [0.5, 0.6) is 0 Å². The second kappa shape index (κ2) is 8.50. The van der Waals surface area contributed by atoms with Gasteiger partial charge in [-0.05, 0) is 30.3 Å². The van der Waals surface area contributed by atoms with Crippen LogP contribution in [0.3, 0.4) is 0 Å². The van der Waals surface area contributed by atoms with E-state index in [9.17, 15) is 18.0 Å². The molecule has 0 radical (unpaired) electrons. The molecule has 2 aromatic carbocycles. The summed E-state index contributed by atoms with van der Waals surface area (Å²) in [5.74, 6) is 0.0711. The number of carbonyl (C=O) groups excluding carboxylic acids is 1. The first kappa shape index (κ1) is 20.0. The number of amides is 1. The highest BCUT2D eigenvalue weighted by molar-refractivity contribution is 6.30. The lowest BCUT2D eigenvalue weighted by Crippen LogP contribution is -2.85. The van der Waals surface area contributed by atoms with E-state index in [0.29, 0.717) is 17.9 Å². The Hall–Kier alpha value is -2.77. The van der Waals surface area contributed by atoms with Gasteiger partial charge in [0.1, 0.15) is 6.54 Å². The monoisotopic (exact) mass is 409 g/mol. The van der Waals surface area contributed by atoms with Crippen molar-refractivity contribution >= 4 is 23.2 Å². The first-order valence-electron chi connectivity index (χ1n) is 8.43. The SMILES string of the molecule is O=C(Nc1ccc(Cl)cc1C(F)(F)F)[C@@H]([NH2+]Cc1ccco1)c1ccccc1. The van der Waals surface area contributed by atoms with Gasteiger partial charge in [-0.2, -0.15) is 13.2 Å². The van der Waals surface area contributed by atoms with E-state index in [0.717, 1.165) is 12.1 Å². The fourth-order valence-electron chi connectivity index (χ4n) is 2.79. The number of hydrogen-bond donors (Lipinski definition) is 2. The zero-order valence-electron chi connectivity index (χ0n) is 14.5. The Bertz CT molecular complexity index is 928. The summed E-state index contributed by atoms with van der Waals surface area (Å²) in [6.07, 6.45) is -3.13. The molecule has 1 aromatic heterocycles. The van der Waals surface area contributed by atoms with Gasteiger partial charge in [-0.25, -0.2) is 0 Å². The maximum absolute atomic E-state index is 13.3. The van der Waals surface area contributed by atoms with Crippen LogP contribution in [0.1, 0.15) is 22.9 Å². The lowest BCUT2D eigenvalue weighted by atomic mass is 10.1. The van der Waals surface area contributed by atoms with Crippen LogP contribution in [0.2, 0.25) is 5.02 Å². The summed E-state index contributed by atoms with van der Waals surface area (Å²) in [6, 6.07) is 14.8. The van der Waals surface area contributed by atoms with Gasteiger partial charge >= 0.3 is 6.18 Å². The number of nitrogens with one attached hydrogen (secondary N) is 1. The van der Waals surface area contributed by atoms with Crippen LogP contribution in [0.15, 0.2) is 71.3 Å². The van der Waals surface area contributed by atoms with Crippen LogP contribution in [-0.4, -0.2) is 5.91 Å². The Morgan fingerprint density at radius 2 is 1.86 bits per heavy atom. The van der Waals surface area contributed by atoms with Crippen LogP contribution in [0, 0.1) is 0 Å². The average Bonchev–Trinajstić information content (AvgIpc) is 3.17. The van der Waals surface area contributed by atoms with Gasteiger partial charge in [0.15, 0.2) is 11.8 Å². The second-order valence-electron chi connectivity index (χ2n) is 6.08. The zero-order valence-corrected chi connectivity index (χ0v) is 15.3. The highest BCUT2D eigenvalue weighted by Gasteiger charge is 2.35. The van der Waals surface area contributed by atoms with Crippen LogP contribution in [0.25, 0.3) is 0 Å². The molecule has 0 unspecified atom stereocenters. The van der Waals surface area contributed by atoms with Crippen molar-refractivity contribution in [3.63, 3.8) is 0 Å². The number of halogens is 4. The molecule has 4 nitrogen and oxygen atoms in total. The average molecular weight is 410 g/mol. The largest absolute Gasteiger partial charge is 0.463 e. The molecule has 0 fully saturated rings. The molecule has 0 saturated carbocycles. The first-order valence-corrected chi connectivity index (χ1v) is 8.80. The molecule has 1 atom stereocenters. The molecular weight excluding hydrogens is 393 g/mol. The van der Waals surface area contributed by atoms with Gasteiger partial charge in [-0.3, -0.25) is 4.79 Å². The summed E-state index contributed by atoms with van der Waals surface area (Å²) >= 11 is 5.70. The number of anilines is 1. The molecule has 0 saturated heterocycles. The van der Waals surface area contributed by atoms with Gasteiger partial charge in [-0.15, -0.1) is 0 Å². The summed E-state index contributed by atoms with van der Waals surface area (Å²) in [5, 5.41) is 4.03. The minimum absolute atomic E-state index is 0.0608. The maximum Gasteiger partial charge on any atom is 0.418 e. The molecule has 8 heteroatoms. The number of nitrogens with two attached hydrogens (primary N) is 1. The Kier molecular flexibility index (Phi) is 6.06. The lowest BCUT2D eigenvalue weighted by Gasteiger charge is -2.18. The summed E-state index contributed by atoms with van der Waals surface area (Å²) in [4.78, 5) is 12.9. The molecule has 0 aliphatic carbocycles. The van der Waals surface area contributed by atoms with Crippen molar-refractivity contribution in [3.05, 3.63) is 88.8 Å². The van der Waals surface area contributed by atoms with Gasteiger partial charge < -0.3 is 15.1 Å². The molecule has 1 amide bonds. The quantitative estimate of drug-likeness (QED) is 0.634. The Balaban J connectivity index is 1.86. The van der Waals surface area contributed by atoms with E-state index < -0.39 is 23.7 Å². The van der Waals surface area contributed by atoms with Crippen LogP contribution in [-0.2, 0) is 17.5 Å². The van der Waals surface area contributed by atoms with E-state index in [1.807, 2.05) is 0 Å². The van der Waals surface area contributed by atoms with Gasteiger partial charge in [-0.1, -0.05) is 41.9 Å². The van der Waals surface area contributed by atoms with Crippen molar-refractivity contribution in [2.45, 2.75) is 18.8 Å². The smallest absolute Gasteiger partial charge is 0.418 e. The molecule has 0 spiro atoms. The van der Waals surface area contributed by atoms with Gasteiger partial charge in [0, 0.05) is 10.6 Å². The fourth-order valence-corrected chi connectivity index (χ4v) is 2.96.